The Morgan fingerprint density at radius 3 is 1.75 bits per heavy atom. The summed E-state index contributed by atoms with van der Waals surface area (Å²) in [6, 6.07) is 0. The highest BCUT2D eigenvalue weighted by atomic mass is 28.4. The van der Waals surface area contributed by atoms with Crippen molar-refractivity contribution in [2.75, 3.05) is 19.8 Å². The third kappa shape index (κ3) is 8.28. The Hall–Kier alpha value is -0.163. The molecule has 0 N–H and O–H groups in total. The van der Waals surface area contributed by atoms with E-state index in [-0.39, 0.29) is 0 Å². The lowest BCUT2D eigenvalue weighted by Gasteiger charge is -2.32. The summed E-state index contributed by atoms with van der Waals surface area (Å²) in [5.74, 6) is 0. The van der Waals surface area contributed by atoms with Crippen molar-refractivity contribution in [1.29, 1.82) is 0 Å². The maximum Gasteiger partial charge on any atom is 0.532 e. The molecule has 24 heavy (non-hydrogen) atoms. The Bertz CT molecular complexity index is 304. The van der Waals surface area contributed by atoms with E-state index in [0.29, 0.717) is 0 Å². The van der Waals surface area contributed by atoms with Gasteiger partial charge in [0.05, 0.1) is 0 Å². The zero-order valence-electron chi connectivity index (χ0n) is 16.4. The Balaban J connectivity index is 2.90. The molecule has 0 aromatic carbocycles. The van der Waals surface area contributed by atoms with Gasteiger partial charge in [-0.25, -0.2) is 0 Å². The largest absolute Gasteiger partial charge is 0.532 e. The minimum Gasteiger partial charge on any atom is -0.370 e. The first-order valence-corrected chi connectivity index (χ1v) is 12.1. The third-order valence-electron chi connectivity index (χ3n) is 4.55. The van der Waals surface area contributed by atoms with Crippen molar-refractivity contribution in [2.24, 2.45) is 0 Å². The van der Waals surface area contributed by atoms with Crippen molar-refractivity contribution in [3.63, 3.8) is 0 Å². The second-order valence-electron chi connectivity index (χ2n) is 6.84. The maximum absolute atomic E-state index is 6.43. The molecule has 0 unspecified atom stereocenters. The van der Waals surface area contributed by atoms with E-state index in [9.17, 15) is 0 Å². The van der Waals surface area contributed by atoms with Crippen molar-refractivity contribution in [2.45, 2.75) is 97.8 Å². The molecular weight excluding hydrogens is 316 g/mol. The standard InChI is InChI=1S/C20H40O3Si/c1-4-7-17-21-24(22-18-8-5-2,23-19-9-6-3)20-15-13-11-10-12-14-16-20/h15H,4-14,16-19H2,1-3H3/b20-15+. The number of allylic oxidation sites excluding steroid dienone is 2. The first-order chi connectivity index (χ1) is 11.8. The Morgan fingerprint density at radius 1 is 0.750 bits per heavy atom. The van der Waals surface area contributed by atoms with E-state index < -0.39 is 8.80 Å². The highest BCUT2D eigenvalue weighted by Crippen LogP contribution is 2.29. The molecule has 0 bridgehead atoms. The van der Waals surface area contributed by atoms with Gasteiger partial charge in [0.1, 0.15) is 0 Å². The van der Waals surface area contributed by atoms with E-state index in [1.807, 2.05) is 0 Å². The molecule has 3 nitrogen and oxygen atoms in total. The molecule has 0 aliphatic heterocycles. The molecule has 4 heteroatoms. The molecule has 0 atom stereocenters. The zero-order chi connectivity index (χ0) is 17.5. The summed E-state index contributed by atoms with van der Waals surface area (Å²) in [5.41, 5.74) is 0. The van der Waals surface area contributed by atoms with E-state index in [1.165, 1.54) is 30.9 Å². The van der Waals surface area contributed by atoms with E-state index in [4.69, 9.17) is 13.3 Å². The quantitative estimate of drug-likeness (QED) is 0.291. The van der Waals surface area contributed by atoms with E-state index in [2.05, 4.69) is 26.8 Å². The van der Waals surface area contributed by atoms with Crippen LogP contribution in [0, 0.1) is 0 Å². The van der Waals surface area contributed by atoms with Crippen LogP contribution >= 0.6 is 0 Å². The van der Waals surface area contributed by atoms with Crippen LogP contribution in [0.2, 0.25) is 0 Å². The molecule has 0 spiro atoms. The molecule has 1 aliphatic rings. The van der Waals surface area contributed by atoms with Crippen LogP contribution in [-0.4, -0.2) is 28.6 Å². The molecular formula is C20H40O3Si. The molecule has 0 saturated heterocycles. The summed E-state index contributed by atoms with van der Waals surface area (Å²) >= 11 is 0. The van der Waals surface area contributed by atoms with Crippen LogP contribution in [0.1, 0.15) is 97.8 Å². The van der Waals surface area contributed by atoms with Gasteiger partial charge >= 0.3 is 8.80 Å². The van der Waals surface area contributed by atoms with Crippen molar-refractivity contribution in [3.8, 4) is 0 Å². The van der Waals surface area contributed by atoms with Crippen molar-refractivity contribution in [3.05, 3.63) is 11.3 Å². The summed E-state index contributed by atoms with van der Waals surface area (Å²) in [6.45, 7) is 8.90. The average molecular weight is 357 g/mol. The van der Waals surface area contributed by atoms with Gasteiger partial charge in [-0.1, -0.05) is 59.0 Å². The van der Waals surface area contributed by atoms with Crippen LogP contribution in [0.15, 0.2) is 11.3 Å². The predicted molar refractivity (Wildman–Crippen MR) is 104 cm³/mol. The van der Waals surface area contributed by atoms with E-state index in [1.54, 1.807) is 0 Å². The van der Waals surface area contributed by atoms with Crippen LogP contribution in [-0.2, 0) is 13.3 Å². The van der Waals surface area contributed by atoms with Crippen molar-refractivity contribution >= 4 is 8.80 Å². The van der Waals surface area contributed by atoms with Gasteiger partial charge in [-0.15, -0.1) is 0 Å². The van der Waals surface area contributed by atoms with Gasteiger partial charge in [-0.3, -0.25) is 0 Å². The SMILES string of the molecule is CCCCO[Si](OCCCC)(OCCCC)/C1=C/CCCCCC1. The van der Waals surface area contributed by atoms with Crippen LogP contribution in [0.5, 0.6) is 0 Å². The van der Waals surface area contributed by atoms with Crippen LogP contribution < -0.4 is 0 Å². The Morgan fingerprint density at radius 2 is 1.25 bits per heavy atom. The molecule has 0 fully saturated rings. The van der Waals surface area contributed by atoms with Crippen LogP contribution in [0.25, 0.3) is 0 Å². The summed E-state index contributed by atoms with van der Waals surface area (Å²) in [4.78, 5) is 0. The lowest BCUT2D eigenvalue weighted by Crippen LogP contribution is -2.49. The second kappa shape index (κ2) is 14.1. The normalized spacial score (nSPS) is 18.7. The second-order valence-corrected chi connectivity index (χ2v) is 9.47. The third-order valence-corrected chi connectivity index (χ3v) is 7.55. The van der Waals surface area contributed by atoms with E-state index >= 15 is 0 Å². The topological polar surface area (TPSA) is 27.7 Å². The average Bonchev–Trinajstić information content (AvgIpc) is 2.55. The fourth-order valence-electron chi connectivity index (χ4n) is 2.93. The van der Waals surface area contributed by atoms with E-state index in [0.717, 1.165) is 71.2 Å². The Labute approximate surface area is 151 Å². The minimum absolute atomic E-state index is 0.762. The first-order valence-electron chi connectivity index (χ1n) is 10.4. The first kappa shape index (κ1) is 21.9. The monoisotopic (exact) mass is 356 g/mol. The summed E-state index contributed by atoms with van der Waals surface area (Å²) in [5, 5.41) is 1.37. The maximum atomic E-state index is 6.43. The number of rotatable bonds is 13. The predicted octanol–water partition coefficient (Wildman–Crippen LogP) is 6.20. The molecule has 0 heterocycles. The lowest BCUT2D eigenvalue weighted by atomic mass is 10.1. The van der Waals surface area contributed by atoms with Gasteiger partial charge in [0.2, 0.25) is 0 Å². The fraction of sp³-hybridized carbons (Fsp3) is 0.900. The smallest absolute Gasteiger partial charge is 0.370 e. The van der Waals surface area contributed by atoms with Gasteiger partial charge < -0.3 is 13.3 Å². The summed E-state index contributed by atoms with van der Waals surface area (Å²) in [6.07, 6.45) is 16.5. The highest BCUT2D eigenvalue weighted by molar-refractivity contribution is 6.68. The van der Waals surface area contributed by atoms with Crippen molar-refractivity contribution < 1.29 is 13.3 Å². The molecule has 0 aromatic heterocycles. The van der Waals surface area contributed by atoms with Crippen molar-refractivity contribution in [1.82, 2.24) is 0 Å². The molecule has 0 amide bonds. The molecule has 0 saturated carbocycles. The number of hydrogen-bond donors (Lipinski definition) is 0. The van der Waals surface area contributed by atoms with Gasteiger partial charge in [-0.2, -0.15) is 0 Å². The summed E-state index contributed by atoms with van der Waals surface area (Å²) < 4.78 is 19.3. The highest BCUT2D eigenvalue weighted by Gasteiger charge is 2.45. The molecule has 0 aromatic rings. The summed E-state index contributed by atoms with van der Waals surface area (Å²) in [7, 11) is -2.70. The zero-order valence-corrected chi connectivity index (χ0v) is 17.4. The number of unbranched alkanes of at least 4 members (excludes halogenated alkanes) is 3. The molecule has 1 aliphatic carbocycles. The van der Waals surface area contributed by atoms with Gasteiger partial charge in [0.25, 0.3) is 0 Å². The van der Waals surface area contributed by atoms with Crippen LogP contribution in [0.4, 0.5) is 0 Å². The Kier molecular flexibility index (Phi) is 12.8. The van der Waals surface area contributed by atoms with Gasteiger partial charge in [0.15, 0.2) is 0 Å². The van der Waals surface area contributed by atoms with Crippen LogP contribution in [0.3, 0.4) is 0 Å². The molecule has 142 valence electrons. The molecule has 0 radical (unpaired) electrons. The molecule has 1 rings (SSSR count). The van der Waals surface area contributed by atoms with Gasteiger partial charge in [0, 0.05) is 19.8 Å². The number of hydrogen-bond acceptors (Lipinski definition) is 3. The lowest BCUT2D eigenvalue weighted by molar-refractivity contribution is 0.0640. The minimum atomic E-state index is -2.70. The van der Waals surface area contributed by atoms with Gasteiger partial charge in [-0.05, 0) is 50.1 Å². The fourth-order valence-corrected chi connectivity index (χ4v) is 5.85.